The van der Waals surface area contributed by atoms with Crippen molar-refractivity contribution in [1.82, 2.24) is 25.1 Å². The van der Waals surface area contributed by atoms with Crippen molar-refractivity contribution in [1.29, 1.82) is 0 Å². The number of pyridine rings is 1. The monoisotopic (exact) mass is 618 g/mol. The van der Waals surface area contributed by atoms with Gasteiger partial charge in [-0.3, -0.25) is 4.79 Å². The van der Waals surface area contributed by atoms with Gasteiger partial charge in [0.25, 0.3) is 0 Å². The van der Waals surface area contributed by atoms with E-state index in [-0.39, 0.29) is 11.8 Å². The van der Waals surface area contributed by atoms with Gasteiger partial charge in [-0.15, -0.1) is 5.10 Å². The summed E-state index contributed by atoms with van der Waals surface area (Å²) in [5.74, 6) is 0.834. The minimum atomic E-state index is -0.155. The summed E-state index contributed by atoms with van der Waals surface area (Å²) >= 11 is 6.38. The first kappa shape index (κ1) is 29.2. The van der Waals surface area contributed by atoms with Gasteiger partial charge in [0.1, 0.15) is 6.33 Å². The topological polar surface area (TPSA) is 90.9 Å². The molecule has 5 aromatic rings. The summed E-state index contributed by atoms with van der Waals surface area (Å²) in [6.45, 7) is 1.63. The molecule has 9 heteroatoms. The molecule has 0 bridgehead atoms. The average Bonchev–Trinajstić information content (AvgIpc) is 3.59. The first-order valence-corrected chi connectivity index (χ1v) is 16.1. The zero-order chi connectivity index (χ0) is 30.8. The van der Waals surface area contributed by atoms with E-state index in [0.717, 1.165) is 71.4 Å². The van der Waals surface area contributed by atoms with E-state index in [2.05, 4.69) is 56.8 Å². The molecule has 1 saturated carbocycles. The summed E-state index contributed by atoms with van der Waals surface area (Å²) in [7, 11) is 0. The van der Waals surface area contributed by atoms with E-state index in [0.29, 0.717) is 29.0 Å². The zero-order valence-electron chi connectivity index (χ0n) is 25.0. The molecule has 0 spiro atoms. The lowest BCUT2D eigenvalue weighted by Gasteiger charge is -2.36. The van der Waals surface area contributed by atoms with Crippen molar-refractivity contribution in [3.8, 4) is 16.8 Å². The Morgan fingerprint density at radius 2 is 1.78 bits per heavy atom. The predicted molar refractivity (Wildman–Crippen MR) is 173 cm³/mol. The van der Waals surface area contributed by atoms with Gasteiger partial charge in [0.15, 0.2) is 6.20 Å². The van der Waals surface area contributed by atoms with E-state index >= 15 is 0 Å². The maximum atomic E-state index is 13.9. The third-order valence-corrected chi connectivity index (χ3v) is 9.73. The van der Waals surface area contributed by atoms with E-state index in [1.807, 2.05) is 42.5 Å². The second-order valence-electron chi connectivity index (χ2n) is 12.2. The molecule has 7 rings (SSSR count). The van der Waals surface area contributed by atoms with Gasteiger partial charge in [-0.05, 0) is 89.4 Å². The lowest BCUT2D eigenvalue weighted by molar-refractivity contribution is -0.614. The molecular weight excluding hydrogens is 584 g/mol. The predicted octanol–water partition coefficient (Wildman–Crippen LogP) is 6.50. The van der Waals surface area contributed by atoms with Crippen LogP contribution in [0.4, 0.5) is 0 Å². The summed E-state index contributed by atoms with van der Waals surface area (Å²) in [4.78, 5) is 14.9. The van der Waals surface area contributed by atoms with Crippen LogP contribution in [0, 0.1) is 11.1 Å². The van der Waals surface area contributed by atoms with Crippen molar-refractivity contribution in [3.05, 3.63) is 130 Å². The van der Waals surface area contributed by atoms with Gasteiger partial charge < -0.3 is 10.1 Å². The molecule has 1 saturated heterocycles. The summed E-state index contributed by atoms with van der Waals surface area (Å²) in [6, 6.07) is 28.4. The third kappa shape index (κ3) is 6.20. The molecule has 2 aromatic heterocycles. The van der Waals surface area contributed by atoms with Crippen LogP contribution in [0.1, 0.15) is 66.3 Å². The highest BCUT2D eigenvalue weighted by molar-refractivity contribution is 6.31. The Hall–Kier alpha value is -4.56. The Bertz CT molecular complexity index is 1780. The van der Waals surface area contributed by atoms with E-state index in [1.54, 1.807) is 16.9 Å². The standard InChI is InChI=1S/C36H35ClN6O2/c37-31-13-15-34(42-24-38-39-40-42)33(22-31)30-12-14-35(43(45)23-30)32(20-25-6-2-1-3-7-25)29-11-5-10-28(21-29)26-16-18-41(19-17-26)36(44)27-8-4-9-27/h1-3,5-7,10-15,21-24,26-27,32H,4,8-9,16-20H2/t32-/m0/s1. The molecule has 3 aromatic carbocycles. The normalized spacial score (nSPS) is 16.3. The van der Waals surface area contributed by atoms with E-state index < -0.39 is 0 Å². The molecule has 0 radical (unpaired) electrons. The number of likely N-dealkylation sites (tertiary alicyclic amines) is 1. The van der Waals surface area contributed by atoms with Crippen LogP contribution in [0.2, 0.25) is 5.02 Å². The van der Waals surface area contributed by atoms with Gasteiger partial charge in [-0.2, -0.15) is 9.41 Å². The van der Waals surface area contributed by atoms with Crippen LogP contribution in [0.25, 0.3) is 16.8 Å². The Morgan fingerprint density at radius 3 is 2.49 bits per heavy atom. The Morgan fingerprint density at radius 1 is 0.956 bits per heavy atom. The highest BCUT2D eigenvalue weighted by atomic mass is 35.5. The first-order valence-electron chi connectivity index (χ1n) is 15.7. The summed E-state index contributed by atoms with van der Waals surface area (Å²) < 4.78 is 2.55. The molecule has 0 N–H and O–H groups in total. The lowest BCUT2D eigenvalue weighted by atomic mass is 9.82. The van der Waals surface area contributed by atoms with Crippen LogP contribution in [-0.2, 0) is 11.2 Å². The minimum Gasteiger partial charge on any atom is -0.618 e. The van der Waals surface area contributed by atoms with Gasteiger partial charge in [0.2, 0.25) is 11.6 Å². The number of halogens is 1. The molecule has 2 fully saturated rings. The fourth-order valence-corrected chi connectivity index (χ4v) is 6.92. The number of aromatic nitrogens is 5. The molecule has 8 nitrogen and oxygen atoms in total. The largest absolute Gasteiger partial charge is 0.618 e. The minimum absolute atomic E-state index is 0.155. The molecule has 0 unspecified atom stereocenters. The number of amides is 1. The number of nitrogens with zero attached hydrogens (tertiary/aromatic N) is 6. The lowest BCUT2D eigenvalue weighted by Crippen LogP contribution is -2.43. The molecular formula is C36H35ClN6O2. The van der Waals surface area contributed by atoms with Crippen molar-refractivity contribution < 1.29 is 9.52 Å². The van der Waals surface area contributed by atoms with Crippen LogP contribution in [0.15, 0.2) is 97.5 Å². The molecule has 1 amide bonds. The van der Waals surface area contributed by atoms with E-state index in [1.165, 1.54) is 18.3 Å². The van der Waals surface area contributed by atoms with Crippen LogP contribution in [0.3, 0.4) is 0 Å². The molecule has 1 aliphatic heterocycles. The fourth-order valence-electron chi connectivity index (χ4n) is 6.75. The molecule has 1 aliphatic carbocycles. The van der Waals surface area contributed by atoms with Gasteiger partial charge in [0.05, 0.1) is 11.6 Å². The number of tetrazole rings is 1. The van der Waals surface area contributed by atoms with Crippen LogP contribution >= 0.6 is 11.6 Å². The van der Waals surface area contributed by atoms with Crippen molar-refractivity contribution >= 4 is 17.5 Å². The molecule has 3 heterocycles. The van der Waals surface area contributed by atoms with Crippen molar-refractivity contribution in [3.63, 3.8) is 0 Å². The molecule has 45 heavy (non-hydrogen) atoms. The zero-order valence-corrected chi connectivity index (χ0v) is 25.8. The Labute approximate surface area is 267 Å². The first-order chi connectivity index (χ1) is 22.0. The molecule has 1 atom stereocenters. The van der Waals surface area contributed by atoms with Gasteiger partial charge in [0, 0.05) is 41.2 Å². The van der Waals surface area contributed by atoms with Gasteiger partial charge >= 0.3 is 0 Å². The van der Waals surface area contributed by atoms with E-state index in [9.17, 15) is 10.0 Å². The smallest absolute Gasteiger partial charge is 0.225 e. The van der Waals surface area contributed by atoms with Gasteiger partial charge in [-0.1, -0.05) is 72.6 Å². The SMILES string of the molecule is O=C(C1CCC1)N1CCC(c2cccc([C@H](Cc3ccccc3)c3ccc(-c4cc(Cl)ccc4-n4cnnn4)c[n+]3[O-])c2)CC1. The Kier molecular flexibility index (Phi) is 8.31. The summed E-state index contributed by atoms with van der Waals surface area (Å²) in [5.41, 5.74) is 6.43. The third-order valence-electron chi connectivity index (χ3n) is 9.50. The van der Waals surface area contributed by atoms with Gasteiger partial charge in [-0.25, -0.2) is 0 Å². The highest BCUT2D eigenvalue weighted by Gasteiger charge is 2.32. The number of benzene rings is 3. The van der Waals surface area contributed by atoms with Crippen LogP contribution in [0.5, 0.6) is 0 Å². The van der Waals surface area contributed by atoms with Crippen molar-refractivity contribution in [2.45, 2.75) is 50.4 Å². The number of carbonyl (C=O) groups excluding carboxylic acids is 1. The second-order valence-corrected chi connectivity index (χ2v) is 12.7. The van der Waals surface area contributed by atoms with Crippen molar-refractivity contribution in [2.75, 3.05) is 13.1 Å². The van der Waals surface area contributed by atoms with Crippen LogP contribution in [-0.4, -0.2) is 44.1 Å². The van der Waals surface area contributed by atoms with Crippen molar-refractivity contribution in [2.24, 2.45) is 5.92 Å². The summed E-state index contributed by atoms with van der Waals surface area (Å²) in [6.07, 6.45) is 9.02. The Balaban J connectivity index is 1.19. The number of hydrogen-bond donors (Lipinski definition) is 0. The number of carbonyl (C=O) groups is 1. The highest BCUT2D eigenvalue weighted by Crippen LogP contribution is 2.36. The summed E-state index contributed by atoms with van der Waals surface area (Å²) in [5, 5.41) is 26.0. The van der Waals surface area contributed by atoms with E-state index in [4.69, 9.17) is 11.6 Å². The average molecular weight is 619 g/mol. The second kappa shape index (κ2) is 12.8. The quantitative estimate of drug-likeness (QED) is 0.146. The van der Waals surface area contributed by atoms with Crippen LogP contribution < -0.4 is 4.73 Å². The number of piperidine rings is 1. The fraction of sp³-hybridized carbons (Fsp3) is 0.306. The molecule has 228 valence electrons. The number of hydrogen-bond acceptors (Lipinski definition) is 5. The maximum absolute atomic E-state index is 13.9. The molecule has 2 aliphatic rings. The maximum Gasteiger partial charge on any atom is 0.225 e. The number of rotatable bonds is 8.